The highest BCUT2D eigenvalue weighted by Crippen LogP contribution is 2.36. The van der Waals surface area contributed by atoms with Gasteiger partial charge in [-0.3, -0.25) is 0 Å². The zero-order valence-electron chi connectivity index (χ0n) is 9.41. The summed E-state index contributed by atoms with van der Waals surface area (Å²) in [6.07, 6.45) is 1.04. The second-order valence-corrected chi connectivity index (χ2v) is 7.61. The van der Waals surface area contributed by atoms with Crippen LogP contribution in [0.4, 0.5) is 0 Å². The van der Waals surface area contributed by atoms with E-state index in [1.54, 1.807) is 11.3 Å². The normalized spacial score (nSPS) is 12.7. The maximum absolute atomic E-state index is 6.31. The van der Waals surface area contributed by atoms with E-state index in [9.17, 15) is 0 Å². The van der Waals surface area contributed by atoms with Gasteiger partial charge in [0.25, 0.3) is 0 Å². The van der Waals surface area contributed by atoms with Crippen molar-refractivity contribution >= 4 is 43.2 Å². The van der Waals surface area contributed by atoms with Crippen molar-refractivity contribution in [3.63, 3.8) is 0 Å². The Morgan fingerprint density at radius 3 is 2.65 bits per heavy atom. The van der Waals surface area contributed by atoms with Crippen molar-refractivity contribution in [1.29, 1.82) is 0 Å². The molecule has 1 aromatic carbocycles. The van der Waals surface area contributed by atoms with Crippen LogP contribution in [0.15, 0.2) is 37.9 Å². The Hall–Kier alpha value is -0.160. The van der Waals surface area contributed by atoms with Gasteiger partial charge in [0.15, 0.2) is 0 Å². The van der Waals surface area contributed by atoms with E-state index in [-0.39, 0.29) is 6.04 Å². The van der Waals surface area contributed by atoms with E-state index in [0.717, 1.165) is 25.1 Å². The van der Waals surface area contributed by atoms with Crippen molar-refractivity contribution in [3.05, 3.63) is 54.6 Å². The topological polar surface area (TPSA) is 26.0 Å². The quantitative estimate of drug-likeness (QED) is 0.813. The lowest BCUT2D eigenvalue weighted by atomic mass is 9.99. The van der Waals surface area contributed by atoms with Crippen molar-refractivity contribution in [3.8, 4) is 0 Å². The lowest BCUT2D eigenvalue weighted by Crippen LogP contribution is -2.11. The van der Waals surface area contributed by atoms with E-state index in [1.807, 2.05) is 0 Å². The highest BCUT2D eigenvalue weighted by molar-refractivity contribution is 9.12. The van der Waals surface area contributed by atoms with Crippen molar-refractivity contribution in [2.24, 2.45) is 5.73 Å². The average Bonchev–Trinajstić information content (AvgIpc) is 2.67. The van der Waals surface area contributed by atoms with Gasteiger partial charge < -0.3 is 5.73 Å². The summed E-state index contributed by atoms with van der Waals surface area (Å²) in [6.45, 7) is 2.15. The third-order valence-corrected chi connectivity index (χ3v) is 5.12. The molecule has 2 rings (SSSR count). The number of hydrogen-bond donors (Lipinski definition) is 1. The molecule has 0 aliphatic heterocycles. The SMILES string of the molecule is CCc1cccc(C(N)c2cc(Br)sc2Br)c1. The monoisotopic (exact) mass is 373 g/mol. The van der Waals surface area contributed by atoms with Crippen LogP contribution in [0.5, 0.6) is 0 Å². The molecule has 1 atom stereocenters. The predicted octanol–water partition coefficient (Wildman–Crippen LogP) is 4.88. The molecule has 0 fully saturated rings. The maximum atomic E-state index is 6.31. The highest BCUT2D eigenvalue weighted by atomic mass is 79.9. The molecule has 1 nitrogen and oxygen atoms in total. The molecular formula is C13H13Br2NS. The maximum Gasteiger partial charge on any atom is 0.0761 e. The molecule has 0 spiro atoms. The lowest BCUT2D eigenvalue weighted by molar-refractivity contribution is 0.868. The van der Waals surface area contributed by atoms with Crippen LogP contribution < -0.4 is 5.73 Å². The van der Waals surface area contributed by atoms with Crippen molar-refractivity contribution in [1.82, 2.24) is 0 Å². The first kappa shape index (κ1) is 13.3. The van der Waals surface area contributed by atoms with Crippen LogP contribution in [-0.2, 0) is 6.42 Å². The van der Waals surface area contributed by atoms with Crippen molar-refractivity contribution < 1.29 is 0 Å². The molecule has 0 saturated carbocycles. The highest BCUT2D eigenvalue weighted by Gasteiger charge is 2.15. The fraction of sp³-hybridized carbons (Fsp3) is 0.231. The minimum atomic E-state index is -0.0709. The van der Waals surface area contributed by atoms with E-state index < -0.39 is 0 Å². The standard InChI is InChI=1S/C13H13Br2NS/c1-2-8-4-3-5-9(6-8)12(16)10-7-11(14)17-13(10)15/h3-7,12H,2,16H2,1H3. The summed E-state index contributed by atoms with van der Waals surface area (Å²) < 4.78 is 2.19. The minimum absolute atomic E-state index is 0.0709. The number of nitrogens with two attached hydrogens (primary N) is 1. The fourth-order valence-corrected chi connectivity index (χ4v) is 4.68. The molecular weight excluding hydrogens is 362 g/mol. The molecule has 1 unspecified atom stereocenters. The summed E-state index contributed by atoms with van der Waals surface area (Å²) in [5.41, 5.74) is 9.93. The molecule has 0 saturated heterocycles. The summed E-state index contributed by atoms with van der Waals surface area (Å²) in [5, 5.41) is 0. The Balaban J connectivity index is 2.36. The second-order valence-electron chi connectivity index (χ2n) is 3.86. The molecule has 17 heavy (non-hydrogen) atoms. The zero-order valence-corrected chi connectivity index (χ0v) is 13.4. The van der Waals surface area contributed by atoms with Crippen LogP contribution >= 0.6 is 43.2 Å². The first-order valence-electron chi connectivity index (χ1n) is 5.41. The Kier molecular flexibility index (Phi) is 4.42. The molecule has 0 aliphatic carbocycles. The largest absolute Gasteiger partial charge is 0.320 e. The van der Waals surface area contributed by atoms with Gasteiger partial charge in [-0.2, -0.15) is 0 Å². The van der Waals surface area contributed by atoms with Crippen LogP contribution in [0, 0.1) is 0 Å². The number of aryl methyl sites for hydroxylation is 1. The average molecular weight is 375 g/mol. The molecule has 2 N–H and O–H groups in total. The van der Waals surface area contributed by atoms with Crippen LogP contribution in [0.2, 0.25) is 0 Å². The van der Waals surface area contributed by atoms with E-state index in [4.69, 9.17) is 5.73 Å². The van der Waals surface area contributed by atoms with Gasteiger partial charge >= 0.3 is 0 Å². The van der Waals surface area contributed by atoms with E-state index in [1.165, 1.54) is 5.56 Å². The van der Waals surface area contributed by atoms with Gasteiger partial charge in [-0.1, -0.05) is 31.2 Å². The van der Waals surface area contributed by atoms with Crippen LogP contribution in [0.3, 0.4) is 0 Å². The van der Waals surface area contributed by atoms with Crippen molar-refractivity contribution in [2.45, 2.75) is 19.4 Å². The van der Waals surface area contributed by atoms with E-state index >= 15 is 0 Å². The molecule has 1 aromatic heterocycles. The van der Waals surface area contributed by atoms with Gasteiger partial charge in [-0.25, -0.2) is 0 Å². The second kappa shape index (κ2) is 5.65. The summed E-state index contributed by atoms with van der Waals surface area (Å²) in [7, 11) is 0. The van der Waals surface area contributed by atoms with E-state index in [2.05, 4.69) is 69.1 Å². The third-order valence-electron chi connectivity index (χ3n) is 2.74. The van der Waals surface area contributed by atoms with Crippen LogP contribution in [0.25, 0.3) is 0 Å². The van der Waals surface area contributed by atoms with Crippen LogP contribution in [0.1, 0.15) is 29.7 Å². The summed E-state index contributed by atoms with van der Waals surface area (Å²) >= 11 is 8.70. The Morgan fingerprint density at radius 1 is 1.29 bits per heavy atom. The number of halogens is 2. The Morgan fingerprint density at radius 2 is 2.06 bits per heavy atom. The Labute approximate surface area is 122 Å². The summed E-state index contributed by atoms with van der Waals surface area (Å²) in [4.78, 5) is 0. The molecule has 2 aromatic rings. The van der Waals surface area contributed by atoms with Gasteiger partial charge in [-0.05, 0) is 61.0 Å². The number of benzene rings is 1. The number of rotatable bonds is 3. The molecule has 1 heterocycles. The predicted molar refractivity (Wildman–Crippen MR) is 81.6 cm³/mol. The smallest absolute Gasteiger partial charge is 0.0761 e. The molecule has 4 heteroatoms. The van der Waals surface area contributed by atoms with Gasteiger partial charge in [0, 0.05) is 0 Å². The molecule has 0 amide bonds. The lowest BCUT2D eigenvalue weighted by Gasteiger charge is -2.12. The van der Waals surface area contributed by atoms with Crippen molar-refractivity contribution in [2.75, 3.05) is 0 Å². The zero-order chi connectivity index (χ0) is 12.4. The molecule has 0 bridgehead atoms. The summed E-state index contributed by atoms with van der Waals surface area (Å²) in [6, 6.07) is 10.5. The number of hydrogen-bond acceptors (Lipinski definition) is 2. The fourth-order valence-electron chi connectivity index (χ4n) is 1.75. The Bertz CT molecular complexity index is 522. The van der Waals surface area contributed by atoms with E-state index in [0.29, 0.717) is 0 Å². The number of thiophene rings is 1. The van der Waals surface area contributed by atoms with Gasteiger partial charge in [0.2, 0.25) is 0 Å². The van der Waals surface area contributed by atoms with Gasteiger partial charge in [0.1, 0.15) is 0 Å². The first-order chi connectivity index (χ1) is 8.11. The summed E-state index contributed by atoms with van der Waals surface area (Å²) in [5.74, 6) is 0. The first-order valence-corrected chi connectivity index (χ1v) is 7.81. The third kappa shape index (κ3) is 2.99. The molecule has 90 valence electrons. The van der Waals surface area contributed by atoms with Gasteiger partial charge in [-0.15, -0.1) is 11.3 Å². The van der Waals surface area contributed by atoms with Crippen LogP contribution in [-0.4, -0.2) is 0 Å². The molecule has 0 aliphatic rings. The minimum Gasteiger partial charge on any atom is -0.320 e. The molecule has 0 radical (unpaired) electrons. The van der Waals surface area contributed by atoms with Gasteiger partial charge in [0.05, 0.1) is 13.6 Å².